The topological polar surface area (TPSA) is 64.3 Å². The molecule has 0 amide bonds. The van der Waals surface area contributed by atoms with Crippen molar-refractivity contribution in [3.05, 3.63) is 140 Å². The van der Waals surface area contributed by atoms with Gasteiger partial charge in [-0.3, -0.25) is 4.40 Å². The molecular formula is C34H23N3O2S. The Hall–Kier alpha value is -5.07. The standard InChI is InChI=1S/C34H23N3O2S/c38-40(39,28-16-8-3-9-17-28)29-18-10-15-26(21-29)27-19-20-32-31(22-27)36-34-35-30(24-11-4-1-5-12-24)23-33(37(32)34)25-13-6-2-7-14-25/h1-23H. The SMILES string of the molecule is O=S(=O)(c1ccccc1)c1cccc(-c2ccc3c(c2)nc2nc(-c4ccccc4)cc(-c4ccccc4)n23)c1. The van der Waals surface area contributed by atoms with E-state index in [9.17, 15) is 8.42 Å². The minimum Gasteiger partial charge on any atom is -0.276 e. The Bertz CT molecular complexity index is 2110. The fourth-order valence-corrected chi connectivity index (χ4v) is 6.38. The van der Waals surface area contributed by atoms with E-state index in [1.165, 1.54) is 0 Å². The molecule has 0 aliphatic carbocycles. The number of rotatable bonds is 5. The lowest BCUT2D eigenvalue weighted by Crippen LogP contribution is -2.01. The van der Waals surface area contributed by atoms with Crippen LogP contribution in [-0.4, -0.2) is 22.8 Å². The predicted octanol–water partition coefficient (Wildman–Crippen LogP) is 7.72. The molecule has 0 spiro atoms. The third kappa shape index (κ3) is 4.15. The molecule has 0 fully saturated rings. The van der Waals surface area contributed by atoms with Crippen LogP contribution in [0, 0.1) is 0 Å². The second-order valence-corrected chi connectivity index (χ2v) is 11.5. The zero-order valence-corrected chi connectivity index (χ0v) is 22.2. The first-order chi connectivity index (χ1) is 19.6. The van der Waals surface area contributed by atoms with E-state index >= 15 is 0 Å². The highest BCUT2D eigenvalue weighted by atomic mass is 32.2. The average Bonchev–Trinajstić information content (AvgIpc) is 3.40. The van der Waals surface area contributed by atoms with E-state index in [0.29, 0.717) is 5.78 Å². The zero-order valence-electron chi connectivity index (χ0n) is 21.3. The molecule has 0 saturated carbocycles. The molecule has 5 aromatic carbocycles. The van der Waals surface area contributed by atoms with Crippen LogP contribution in [0.5, 0.6) is 0 Å². The summed E-state index contributed by atoms with van der Waals surface area (Å²) in [5.41, 5.74) is 7.32. The van der Waals surface area contributed by atoms with Gasteiger partial charge >= 0.3 is 0 Å². The fourth-order valence-electron chi connectivity index (χ4n) is 5.05. The van der Waals surface area contributed by atoms with E-state index in [-0.39, 0.29) is 9.79 Å². The molecular weight excluding hydrogens is 514 g/mol. The third-order valence-corrected chi connectivity index (χ3v) is 8.81. The molecule has 0 saturated heterocycles. The first-order valence-electron chi connectivity index (χ1n) is 12.9. The predicted molar refractivity (Wildman–Crippen MR) is 159 cm³/mol. The molecule has 0 aliphatic rings. The monoisotopic (exact) mass is 537 g/mol. The van der Waals surface area contributed by atoms with Crippen molar-refractivity contribution in [2.24, 2.45) is 0 Å². The van der Waals surface area contributed by atoms with E-state index in [4.69, 9.17) is 9.97 Å². The van der Waals surface area contributed by atoms with Gasteiger partial charge in [0.2, 0.25) is 15.6 Å². The van der Waals surface area contributed by atoms with Gasteiger partial charge in [0, 0.05) is 5.56 Å². The number of fused-ring (bicyclic) bond motifs is 3. The summed E-state index contributed by atoms with van der Waals surface area (Å²) in [6.45, 7) is 0. The smallest absolute Gasteiger partial charge is 0.235 e. The Labute approximate surface area is 232 Å². The van der Waals surface area contributed by atoms with Crippen molar-refractivity contribution >= 4 is 26.6 Å². The molecule has 0 N–H and O–H groups in total. The molecule has 192 valence electrons. The molecule has 5 nitrogen and oxygen atoms in total. The Morgan fingerprint density at radius 3 is 1.82 bits per heavy atom. The van der Waals surface area contributed by atoms with Gasteiger partial charge in [-0.1, -0.05) is 97.1 Å². The van der Waals surface area contributed by atoms with Gasteiger partial charge in [0.05, 0.1) is 32.2 Å². The first-order valence-corrected chi connectivity index (χ1v) is 14.4. The molecule has 0 atom stereocenters. The Balaban J connectivity index is 1.39. The molecule has 0 unspecified atom stereocenters. The third-order valence-electron chi connectivity index (χ3n) is 7.04. The summed E-state index contributed by atoms with van der Waals surface area (Å²) >= 11 is 0. The second-order valence-electron chi connectivity index (χ2n) is 9.55. The number of imidazole rings is 1. The summed E-state index contributed by atoms with van der Waals surface area (Å²) in [5.74, 6) is 0.604. The van der Waals surface area contributed by atoms with Crippen molar-refractivity contribution in [2.75, 3.05) is 0 Å². The van der Waals surface area contributed by atoms with Crippen LogP contribution in [-0.2, 0) is 9.84 Å². The van der Waals surface area contributed by atoms with Crippen LogP contribution in [0.3, 0.4) is 0 Å². The van der Waals surface area contributed by atoms with Gasteiger partial charge in [0.15, 0.2) is 0 Å². The van der Waals surface area contributed by atoms with Gasteiger partial charge in [0.25, 0.3) is 0 Å². The molecule has 7 aromatic rings. The first kappa shape index (κ1) is 24.0. The fraction of sp³-hybridized carbons (Fsp3) is 0. The normalized spacial score (nSPS) is 11.7. The van der Waals surface area contributed by atoms with Gasteiger partial charge in [-0.05, 0) is 59.2 Å². The minimum absolute atomic E-state index is 0.256. The highest BCUT2D eigenvalue weighted by molar-refractivity contribution is 7.91. The lowest BCUT2D eigenvalue weighted by atomic mass is 10.0. The molecule has 0 bridgehead atoms. The summed E-state index contributed by atoms with van der Waals surface area (Å²) in [5, 5.41) is 0. The summed E-state index contributed by atoms with van der Waals surface area (Å²) in [6, 6.07) is 44.0. The number of sulfone groups is 1. The van der Waals surface area contributed by atoms with Crippen molar-refractivity contribution in [1.29, 1.82) is 0 Å². The van der Waals surface area contributed by atoms with E-state index in [2.05, 4.69) is 22.6 Å². The van der Waals surface area contributed by atoms with Gasteiger partial charge < -0.3 is 0 Å². The van der Waals surface area contributed by atoms with Crippen LogP contribution in [0.1, 0.15) is 0 Å². The molecule has 7 rings (SSSR count). The summed E-state index contributed by atoms with van der Waals surface area (Å²) < 4.78 is 28.6. The van der Waals surface area contributed by atoms with Gasteiger partial charge in [-0.15, -0.1) is 0 Å². The summed E-state index contributed by atoms with van der Waals surface area (Å²) in [7, 11) is -3.63. The second kappa shape index (κ2) is 9.59. The van der Waals surface area contributed by atoms with E-state index in [0.717, 1.165) is 44.7 Å². The van der Waals surface area contributed by atoms with Crippen LogP contribution in [0.15, 0.2) is 149 Å². The minimum atomic E-state index is -3.63. The average molecular weight is 538 g/mol. The van der Waals surface area contributed by atoms with Crippen LogP contribution >= 0.6 is 0 Å². The lowest BCUT2D eigenvalue weighted by Gasteiger charge is -2.10. The van der Waals surface area contributed by atoms with Crippen LogP contribution < -0.4 is 0 Å². The van der Waals surface area contributed by atoms with E-state index in [1.807, 2.05) is 72.8 Å². The number of hydrogen-bond acceptors (Lipinski definition) is 4. The quantitative estimate of drug-likeness (QED) is 0.226. The molecule has 40 heavy (non-hydrogen) atoms. The maximum Gasteiger partial charge on any atom is 0.235 e. The van der Waals surface area contributed by atoms with Gasteiger partial charge in [0.1, 0.15) is 0 Å². The summed E-state index contributed by atoms with van der Waals surface area (Å²) in [4.78, 5) is 10.4. The molecule has 0 aliphatic heterocycles. The lowest BCUT2D eigenvalue weighted by molar-refractivity contribution is 0.596. The van der Waals surface area contributed by atoms with Crippen molar-refractivity contribution < 1.29 is 8.42 Å². The summed E-state index contributed by atoms with van der Waals surface area (Å²) in [6.07, 6.45) is 0. The highest BCUT2D eigenvalue weighted by Gasteiger charge is 2.19. The highest BCUT2D eigenvalue weighted by Crippen LogP contribution is 2.32. The Morgan fingerprint density at radius 2 is 1.10 bits per heavy atom. The van der Waals surface area contributed by atoms with Crippen LogP contribution in [0.4, 0.5) is 0 Å². The van der Waals surface area contributed by atoms with E-state index in [1.54, 1.807) is 48.5 Å². The van der Waals surface area contributed by atoms with Crippen LogP contribution in [0.25, 0.3) is 50.5 Å². The van der Waals surface area contributed by atoms with Crippen LogP contribution in [0.2, 0.25) is 0 Å². The number of aromatic nitrogens is 3. The molecule has 2 aromatic heterocycles. The number of nitrogens with zero attached hydrogens (tertiary/aromatic N) is 3. The number of benzene rings is 5. The van der Waals surface area contributed by atoms with Crippen molar-refractivity contribution in [3.63, 3.8) is 0 Å². The van der Waals surface area contributed by atoms with Crippen molar-refractivity contribution in [3.8, 4) is 33.6 Å². The molecule has 2 heterocycles. The van der Waals surface area contributed by atoms with Gasteiger partial charge in [-0.2, -0.15) is 0 Å². The molecule has 6 heteroatoms. The maximum absolute atomic E-state index is 13.2. The van der Waals surface area contributed by atoms with Gasteiger partial charge in [-0.25, -0.2) is 18.4 Å². The van der Waals surface area contributed by atoms with Crippen molar-refractivity contribution in [1.82, 2.24) is 14.4 Å². The van der Waals surface area contributed by atoms with E-state index < -0.39 is 9.84 Å². The Kier molecular flexibility index (Phi) is 5.76. The Morgan fingerprint density at radius 1 is 0.500 bits per heavy atom. The molecule has 0 radical (unpaired) electrons. The number of hydrogen-bond donors (Lipinski definition) is 0. The zero-order chi connectivity index (χ0) is 27.1. The largest absolute Gasteiger partial charge is 0.276 e. The van der Waals surface area contributed by atoms with Crippen molar-refractivity contribution in [2.45, 2.75) is 9.79 Å². The maximum atomic E-state index is 13.2.